The van der Waals surface area contributed by atoms with Crippen molar-refractivity contribution in [3.05, 3.63) is 42.0 Å². The number of imidazole rings is 1. The summed E-state index contributed by atoms with van der Waals surface area (Å²) in [4.78, 5) is 31.4. The Kier molecular flexibility index (Phi) is 6.05. The van der Waals surface area contributed by atoms with Gasteiger partial charge in [-0.3, -0.25) is 4.79 Å². The van der Waals surface area contributed by atoms with E-state index in [9.17, 15) is 14.7 Å². The van der Waals surface area contributed by atoms with Crippen LogP contribution in [0, 0.1) is 0 Å². The van der Waals surface area contributed by atoms with E-state index in [1.807, 2.05) is 18.2 Å². The quantitative estimate of drug-likeness (QED) is 0.411. The van der Waals surface area contributed by atoms with Crippen molar-refractivity contribution in [1.29, 1.82) is 0 Å². The second-order valence-corrected chi connectivity index (χ2v) is 6.68. The van der Waals surface area contributed by atoms with E-state index >= 15 is 0 Å². The number of nitrogens with zero attached hydrogens (tertiary/aromatic N) is 1. The van der Waals surface area contributed by atoms with Crippen LogP contribution in [0.25, 0.3) is 11.0 Å². The molecule has 2 aromatic carbocycles. The number of thioether (sulfide) groups is 1. The van der Waals surface area contributed by atoms with Crippen molar-refractivity contribution in [2.75, 3.05) is 24.8 Å². The number of H-pyrrole nitrogens is 1. The zero-order valence-corrected chi connectivity index (χ0v) is 16.1. The van der Waals surface area contributed by atoms with Gasteiger partial charge in [0.1, 0.15) is 17.1 Å². The van der Waals surface area contributed by atoms with E-state index in [2.05, 4.69) is 15.3 Å². The van der Waals surface area contributed by atoms with E-state index in [-0.39, 0.29) is 29.6 Å². The third-order valence-corrected chi connectivity index (χ3v) is 4.66. The average molecular weight is 401 g/mol. The predicted octanol–water partition coefficient (Wildman–Crippen LogP) is 3.18. The van der Waals surface area contributed by atoms with Gasteiger partial charge >= 0.3 is 5.97 Å². The predicted molar refractivity (Wildman–Crippen MR) is 106 cm³/mol. The summed E-state index contributed by atoms with van der Waals surface area (Å²) in [5.41, 5.74) is 2.03. The molecule has 0 fully saturated rings. The number of aromatic nitrogens is 2. The van der Waals surface area contributed by atoms with Crippen LogP contribution in [0.3, 0.4) is 0 Å². The van der Waals surface area contributed by atoms with Crippen molar-refractivity contribution in [2.45, 2.75) is 12.1 Å². The second-order valence-electron chi connectivity index (χ2n) is 5.71. The number of anilines is 1. The molecule has 1 heterocycles. The Morgan fingerprint density at radius 1 is 1.25 bits per heavy atom. The van der Waals surface area contributed by atoms with Gasteiger partial charge in [0.25, 0.3) is 0 Å². The highest BCUT2D eigenvalue weighted by Gasteiger charge is 2.14. The molecule has 0 saturated heterocycles. The average Bonchev–Trinajstić information content (AvgIpc) is 3.08. The number of rotatable bonds is 7. The van der Waals surface area contributed by atoms with E-state index in [1.165, 1.54) is 30.0 Å². The zero-order valence-electron chi connectivity index (χ0n) is 15.3. The maximum atomic E-state index is 12.2. The highest BCUT2D eigenvalue weighted by Crippen LogP contribution is 2.25. The molecule has 0 radical (unpaired) electrons. The Hall–Kier alpha value is -3.20. The first-order valence-electron chi connectivity index (χ1n) is 8.46. The molecule has 146 valence electrons. The van der Waals surface area contributed by atoms with Crippen molar-refractivity contribution < 1.29 is 24.2 Å². The summed E-state index contributed by atoms with van der Waals surface area (Å²) in [7, 11) is 1.59. The third kappa shape index (κ3) is 4.55. The first-order chi connectivity index (χ1) is 13.5. The van der Waals surface area contributed by atoms with Crippen molar-refractivity contribution in [3.63, 3.8) is 0 Å². The van der Waals surface area contributed by atoms with Crippen LogP contribution in [0.15, 0.2) is 41.6 Å². The van der Waals surface area contributed by atoms with Crippen molar-refractivity contribution >= 4 is 40.4 Å². The van der Waals surface area contributed by atoms with Gasteiger partial charge in [-0.15, -0.1) is 0 Å². The summed E-state index contributed by atoms with van der Waals surface area (Å²) in [5, 5.41) is 13.2. The number of hydrogen-bond acceptors (Lipinski definition) is 7. The molecular formula is C19H19N3O5S. The minimum Gasteiger partial charge on any atom is -0.507 e. The summed E-state index contributed by atoms with van der Waals surface area (Å²) in [5.74, 6) is -0.301. The van der Waals surface area contributed by atoms with Crippen LogP contribution in [-0.4, -0.2) is 46.4 Å². The zero-order chi connectivity index (χ0) is 20.1. The van der Waals surface area contributed by atoms with Gasteiger partial charge in [-0.2, -0.15) is 0 Å². The number of amides is 1. The number of aromatic amines is 1. The number of carbonyl (C=O) groups excluding carboxylic acids is 2. The number of carbonyl (C=O) groups is 2. The van der Waals surface area contributed by atoms with Crippen molar-refractivity contribution in [3.8, 4) is 11.5 Å². The maximum Gasteiger partial charge on any atom is 0.341 e. The van der Waals surface area contributed by atoms with Crippen LogP contribution < -0.4 is 10.1 Å². The smallest absolute Gasteiger partial charge is 0.341 e. The number of ether oxygens (including phenoxy) is 2. The van der Waals surface area contributed by atoms with E-state index in [0.717, 1.165) is 16.8 Å². The molecule has 1 amide bonds. The monoisotopic (exact) mass is 401 g/mol. The van der Waals surface area contributed by atoms with E-state index in [1.54, 1.807) is 14.0 Å². The van der Waals surface area contributed by atoms with Crippen LogP contribution in [0.5, 0.6) is 11.5 Å². The molecule has 8 nitrogen and oxygen atoms in total. The second kappa shape index (κ2) is 8.66. The van der Waals surface area contributed by atoms with Crippen molar-refractivity contribution in [2.24, 2.45) is 0 Å². The molecule has 1 aromatic heterocycles. The van der Waals surface area contributed by atoms with Gasteiger partial charge in [0.15, 0.2) is 5.16 Å². The molecule has 0 unspecified atom stereocenters. The topological polar surface area (TPSA) is 114 Å². The molecule has 0 saturated carbocycles. The third-order valence-electron chi connectivity index (χ3n) is 3.78. The lowest BCUT2D eigenvalue weighted by Crippen LogP contribution is -2.14. The molecule has 0 spiro atoms. The molecular weight excluding hydrogens is 382 g/mol. The molecule has 3 rings (SSSR count). The number of aromatic hydroxyl groups is 1. The van der Waals surface area contributed by atoms with Crippen LogP contribution >= 0.6 is 11.8 Å². The Morgan fingerprint density at radius 3 is 2.79 bits per heavy atom. The molecule has 0 bridgehead atoms. The molecule has 9 heteroatoms. The lowest BCUT2D eigenvalue weighted by molar-refractivity contribution is -0.113. The largest absolute Gasteiger partial charge is 0.507 e. The fourth-order valence-electron chi connectivity index (χ4n) is 2.48. The number of benzene rings is 2. The lowest BCUT2D eigenvalue weighted by Gasteiger charge is -2.08. The minimum absolute atomic E-state index is 0.0481. The van der Waals surface area contributed by atoms with Gasteiger partial charge in [-0.1, -0.05) is 11.8 Å². The fraction of sp³-hybridized carbons (Fsp3) is 0.211. The SMILES string of the molecule is CCOC(=O)c1ccc(NC(=O)CSc2nc3ccc(OC)cc3[nH]2)cc1O. The Labute approximate surface area is 165 Å². The highest BCUT2D eigenvalue weighted by atomic mass is 32.2. The van der Waals surface area contributed by atoms with Gasteiger partial charge in [-0.05, 0) is 31.2 Å². The Morgan fingerprint density at radius 2 is 2.07 bits per heavy atom. The van der Waals surface area contributed by atoms with Gasteiger partial charge in [0.2, 0.25) is 5.91 Å². The molecule has 3 N–H and O–H groups in total. The van der Waals surface area contributed by atoms with Gasteiger partial charge < -0.3 is 24.9 Å². The standard InChI is InChI=1S/C19H19N3O5S/c1-3-27-18(25)13-6-4-11(8-16(13)23)20-17(24)10-28-19-21-14-7-5-12(26-2)9-15(14)22-19/h4-9,23H,3,10H2,1-2H3,(H,20,24)(H,21,22). The highest BCUT2D eigenvalue weighted by molar-refractivity contribution is 7.99. The number of esters is 1. The van der Waals surface area contributed by atoms with Gasteiger partial charge in [0.05, 0.1) is 30.5 Å². The van der Waals surface area contributed by atoms with E-state index in [0.29, 0.717) is 10.8 Å². The number of nitrogens with one attached hydrogen (secondary N) is 2. The van der Waals surface area contributed by atoms with E-state index in [4.69, 9.17) is 9.47 Å². The van der Waals surface area contributed by atoms with Crippen LogP contribution in [0.1, 0.15) is 17.3 Å². The first kappa shape index (κ1) is 19.6. The molecule has 0 atom stereocenters. The number of phenolic OH excluding ortho intramolecular Hbond substituents is 1. The summed E-state index contributed by atoms with van der Waals surface area (Å²) in [6.45, 7) is 1.89. The van der Waals surface area contributed by atoms with Crippen LogP contribution in [0.4, 0.5) is 5.69 Å². The minimum atomic E-state index is -0.616. The van der Waals surface area contributed by atoms with Gasteiger partial charge in [0, 0.05) is 17.8 Å². The number of phenols is 1. The van der Waals surface area contributed by atoms with E-state index < -0.39 is 5.97 Å². The molecule has 28 heavy (non-hydrogen) atoms. The maximum absolute atomic E-state index is 12.2. The molecule has 0 aliphatic heterocycles. The lowest BCUT2D eigenvalue weighted by atomic mass is 10.2. The summed E-state index contributed by atoms with van der Waals surface area (Å²) in [6.07, 6.45) is 0. The molecule has 0 aliphatic rings. The van der Waals surface area contributed by atoms with Gasteiger partial charge in [-0.25, -0.2) is 9.78 Å². The number of methoxy groups -OCH3 is 1. The summed E-state index contributed by atoms with van der Waals surface area (Å²) in [6, 6.07) is 9.73. The summed E-state index contributed by atoms with van der Waals surface area (Å²) >= 11 is 1.25. The Balaban J connectivity index is 1.60. The van der Waals surface area contributed by atoms with Crippen molar-refractivity contribution in [1.82, 2.24) is 9.97 Å². The molecule has 0 aliphatic carbocycles. The number of fused-ring (bicyclic) bond motifs is 1. The number of hydrogen-bond donors (Lipinski definition) is 3. The first-order valence-corrected chi connectivity index (χ1v) is 9.45. The Bertz CT molecular complexity index is 1020. The fourth-order valence-corrected chi connectivity index (χ4v) is 3.17. The normalized spacial score (nSPS) is 10.6. The molecule has 3 aromatic rings. The van der Waals surface area contributed by atoms with Crippen LogP contribution in [0.2, 0.25) is 0 Å². The van der Waals surface area contributed by atoms with Crippen LogP contribution in [-0.2, 0) is 9.53 Å². The summed E-state index contributed by atoms with van der Waals surface area (Å²) < 4.78 is 10.0.